The van der Waals surface area contributed by atoms with Crippen LogP contribution in [0, 0.1) is 6.92 Å². The van der Waals surface area contributed by atoms with Gasteiger partial charge in [0.2, 0.25) is 0 Å². The minimum Gasteiger partial charge on any atom is -0.497 e. The van der Waals surface area contributed by atoms with Crippen molar-refractivity contribution in [3.05, 3.63) is 70.9 Å². The number of anilines is 1. The fourth-order valence-electron chi connectivity index (χ4n) is 4.31. The molecule has 0 spiro atoms. The third kappa shape index (κ3) is 5.12. The second kappa shape index (κ2) is 9.95. The summed E-state index contributed by atoms with van der Waals surface area (Å²) in [5.41, 5.74) is 4.19. The second-order valence-electron chi connectivity index (χ2n) is 8.29. The summed E-state index contributed by atoms with van der Waals surface area (Å²) in [4.78, 5) is 29.9. The van der Waals surface area contributed by atoms with E-state index in [-0.39, 0.29) is 6.03 Å². The van der Waals surface area contributed by atoms with Gasteiger partial charge in [-0.1, -0.05) is 29.8 Å². The molecule has 2 aliphatic heterocycles. The molecule has 174 valence electrons. The molecule has 2 aromatic carbocycles. The number of aryl methyl sites for hydroxylation is 1. The van der Waals surface area contributed by atoms with Gasteiger partial charge in [-0.3, -0.25) is 4.90 Å². The van der Waals surface area contributed by atoms with Gasteiger partial charge >= 0.3 is 12.0 Å². The van der Waals surface area contributed by atoms with E-state index >= 15 is 0 Å². The van der Waals surface area contributed by atoms with Crippen molar-refractivity contribution in [1.29, 1.82) is 0 Å². The van der Waals surface area contributed by atoms with Crippen LogP contribution in [0.3, 0.4) is 0 Å². The van der Waals surface area contributed by atoms with Crippen molar-refractivity contribution in [1.82, 2.24) is 15.5 Å². The van der Waals surface area contributed by atoms with E-state index in [1.807, 2.05) is 24.3 Å². The first-order valence-corrected chi connectivity index (χ1v) is 11.1. The van der Waals surface area contributed by atoms with Crippen LogP contribution >= 0.6 is 0 Å². The summed E-state index contributed by atoms with van der Waals surface area (Å²) < 4.78 is 10.4. The van der Waals surface area contributed by atoms with E-state index in [1.54, 1.807) is 7.11 Å². The van der Waals surface area contributed by atoms with Crippen LogP contribution in [0.5, 0.6) is 5.75 Å². The maximum atomic E-state index is 12.8. The monoisotopic (exact) mass is 450 g/mol. The first-order chi connectivity index (χ1) is 16.0. The lowest BCUT2D eigenvalue weighted by Gasteiger charge is -2.38. The van der Waals surface area contributed by atoms with Crippen molar-refractivity contribution >= 4 is 17.7 Å². The number of esters is 1. The number of nitrogens with one attached hydrogen (secondary N) is 2. The molecule has 0 saturated carbocycles. The normalized spacial score (nSPS) is 19.1. The molecule has 1 fully saturated rings. The Kier molecular flexibility index (Phi) is 6.84. The topological polar surface area (TPSA) is 83.1 Å². The molecule has 8 heteroatoms. The van der Waals surface area contributed by atoms with Crippen LogP contribution < -0.4 is 20.3 Å². The average Bonchev–Trinajstić information content (AvgIpc) is 2.84. The first kappa shape index (κ1) is 22.7. The molecule has 1 atom stereocenters. The highest BCUT2D eigenvalue weighted by molar-refractivity contribution is 5.95. The number of carbonyl (C=O) groups is 2. The fraction of sp³-hybridized carbons (Fsp3) is 0.360. The van der Waals surface area contributed by atoms with Gasteiger partial charge in [-0.05, 0) is 36.8 Å². The van der Waals surface area contributed by atoms with Gasteiger partial charge in [0, 0.05) is 44.1 Å². The van der Waals surface area contributed by atoms with Gasteiger partial charge in [-0.2, -0.15) is 0 Å². The smallest absolute Gasteiger partial charge is 0.338 e. The van der Waals surface area contributed by atoms with Gasteiger partial charge in [0.1, 0.15) is 5.75 Å². The molecule has 2 amide bonds. The second-order valence-corrected chi connectivity index (χ2v) is 8.29. The summed E-state index contributed by atoms with van der Waals surface area (Å²) in [6.07, 6.45) is 0. The van der Waals surface area contributed by atoms with Crippen LogP contribution in [0.4, 0.5) is 10.5 Å². The largest absolute Gasteiger partial charge is 0.497 e. The number of urea groups is 1. The number of hydrogen-bond donors (Lipinski definition) is 2. The van der Waals surface area contributed by atoms with Crippen LogP contribution in [0.15, 0.2) is 59.8 Å². The number of methoxy groups -OCH3 is 2. The Bertz CT molecular complexity index is 1040. The van der Waals surface area contributed by atoms with E-state index < -0.39 is 12.0 Å². The van der Waals surface area contributed by atoms with Gasteiger partial charge in [-0.25, -0.2) is 9.59 Å². The lowest BCUT2D eigenvalue weighted by Crippen LogP contribution is -2.51. The summed E-state index contributed by atoms with van der Waals surface area (Å²) >= 11 is 0. The summed E-state index contributed by atoms with van der Waals surface area (Å²) in [6, 6.07) is 14.9. The SMILES string of the molecule is COC(=O)C1=C(CN2CCN(c3ccc(C)cc3)CC2)NC(=O)N[C@@H]1c1cccc(OC)c1. The Morgan fingerprint density at radius 2 is 1.79 bits per heavy atom. The number of amides is 2. The number of piperazine rings is 1. The zero-order chi connectivity index (χ0) is 23.4. The van der Waals surface area contributed by atoms with E-state index in [4.69, 9.17) is 9.47 Å². The zero-order valence-corrected chi connectivity index (χ0v) is 19.3. The third-order valence-corrected chi connectivity index (χ3v) is 6.14. The molecule has 1 saturated heterocycles. The Hall–Kier alpha value is -3.52. The van der Waals surface area contributed by atoms with E-state index in [1.165, 1.54) is 18.4 Å². The van der Waals surface area contributed by atoms with Crippen LogP contribution in [-0.4, -0.2) is 63.8 Å². The highest BCUT2D eigenvalue weighted by Crippen LogP contribution is 2.30. The molecule has 0 aromatic heterocycles. The quantitative estimate of drug-likeness (QED) is 0.659. The van der Waals surface area contributed by atoms with Crippen LogP contribution in [-0.2, 0) is 9.53 Å². The number of ether oxygens (including phenoxy) is 2. The molecule has 0 bridgehead atoms. The molecular weight excluding hydrogens is 420 g/mol. The number of hydrogen-bond acceptors (Lipinski definition) is 6. The molecule has 0 radical (unpaired) electrons. The predicted molar refractivity (Wildman–Crippen MR) is 126 cm³/mol. The van der Waals surface area contributed by atoms with Crippen LogP contribution in [0.25, 0.3) is 0 Å². The molecule has 2 aromatic rings. The maximum Gasteiger partial charge on any atom is 0.338 e. The summed E-state index contributed by atoms with van der Waals surface area (Å²) in [5.74, 6) is 0.182. The van der Waals surface area contributed by atoms with Crippen molar-refractivity contribution in [2.24, 2.45) is 0 Å². The Balaban J connectivity index is 1.54. The minimum absolute atomic E-state index is 0.344. The first-order valence-electron chi connectivity index (χ1n) is 11.1. The summed E-state index contributed by atoms with van der Waals surface area (Å²) in [5, 5.41) is 5.71. The number of carbonyl (C=O) groups excluding carboxylic acids is 2. The molecule has 8 nitrogen and oxygen atoms in total. The van der Waals surface area contributed by atoms with Gasteiger partial charge in [0.15, 0.2) is 0 Å². The van der Waals surface area contributed by atoms with E-state index in [2.05, 4.69) is 51.6 Å². The molecular formula is C25H30N4O4. The molecule has 0 unspecified atom stereocenters. The van der Waals surface area contributed by atoms with Crippen LogP contribution in [0.1, 0.15) is 17.2 Å². The lowest BCUT2D eigenvalue weighted by atomic mass is 9.94. The van der Waals surface area contributed by atoms with Crippen molar-refractivity contribution in [3.8, 4) is 5.75 Å². The number of benzene rings is 2. The fourth-order valence-corrected chi connectivity index (χ4v) is 4.31. The highest BCUT2D eigenvalue weighted by atomic mass is 16.5. The molecule has 2 N–H and O–H groups in total. The minimum atomic E-state index is -0.620. The van der Waals surface area contributed by atoms with E-state index in [0.29, 0.717) is 23.6 Å². The number of rotatable bonds is 6. The van der Waals surface area contributed by atoms with E-state index in [0.717, 1.165) is 31.7 Å². The van der Waals surface area contributed by atoms with Crippen molar-refractivity contribution in [2.45, 2.75) is 13.0 Å². The molecule has 2 aliphatic rings. The average molecular weight is 451 g/mol. The lowest BCUT2D eigenvalue weighted by molar-refractivity contribution is -0.136. The van der Waals surface area contributed by atoms with Crippen molar-refractivity contribution in [2.75, 3.05) is 51.8 Å². The Labute approximate surface area is 194 Å². The Morgan fingerprint density at radius 1 is 1.06 bits per heavy atom. The zero-order valence-electron chi connectivity index (χ0n) is 19.3. The van der Waals surface area contributed by atoms with E-state index in [9.17, 15) is 9.59 Å². The number of nitrogens with zero attached hydrogens (tertiary/aromatic N) is 2. The highest BCUT2D eigenvalue weighted by Gasteiger charge is 2.34. The third-order valence-electron chi connectivity index (χ3n) is 6.14. The summed E-state index contributed by atoms with van der Waals surface area (Å²) in [6.45, 7) is 5.92. The van der Waals surface area contributed by atoms with Crippen molar-refractivity contribution in [3.63, 3.8) is 0 Å². The summed E-state index contributed by atoms with van der Waals surface area (Å²) in [7, 11) is 2.94. The van der Waals surface area contributed by atoms with Crippen molar-refractivity contribution < 1.29 is 19.1 Å². The van der Waals surface area contributed by atoms with Gasteiger partial charge < -0.3 is 25.0 Å². The molecule has 2 heterocycles. The molecule has 33 heavy (non-hydrogen) atoms. The van der Waals surface area contributed by atoms with Gasteiger partial charge in [0.05, 0.1) is 25.8 Å². The van der Waals surface area contributed by atoms with Crippen LogP contribution in [0.2, 0.25) is 0 Å². The Morgan fingerprint density at radius 3 is 2.45 bits per heavy atom. The maximum absolute atomic E-state index is 12.8. The predicted octanol–water partition coefficient (Wildman–Crippen LogP) is 2.61. The van der Waals surface area contributed by atoms with Gasteiger partial charge in [-0.15, -0.1) is 0 Å². The standard InChI is InChI=1S/C25H30N4O4/c1-17-7-9-19(10-8-17)29-13-11-28(12-14-29)16-21-22(24(30)33-3)23(27-25(31)26-21)18-5-4-6-20(15-18)32-2/h4-10,15,23H,11-14,16H2,1-3H3,(H2,26,27,31)/t23-/m1/s1. The van der Waals surface area contributed by atoms with Gasteiger partial charge in [0.25, 0.3) is 0 Å². The molecule has 4 rings (SSSR count). The molecule has 0 aliphatic carbocycles.